The van der Waals surface area contributed by atoms with Gasteiger partial charge >= 0.3 is 5.97 Å². The second-order valence-corrected chi connectivity index (χ2v) is 7.87. The van der Waals surface area contributed by atoms with E-state index in [-0.39, 0.29) is 23.0 Å². The van der Waals surface area contributed by atoms with Gasteiger partial charge in [0, 0.05) is 10.9 Å². The van der Waals surface area contributed by atoms with E-state index in [0.29, 0.717) is 17.0 Å². The Morgan fingerprint density at radius 1 is 1.35 bits per heavy atom. The minimum atomic E-state index is -3.95. The average Bonchev–Trinajstić information content (AvgIpc) is 3.24. The molecule has 0 radical (unpaired) electrons. The Balaban J connectivity index is 1.76. The van der Waals surface area contributed by atoms with E-state index in [4.69, 9.17) is 14.4 Å². The molecule has 8 nitrogen and oxygen atoms in total. The van der Waals surface area contributed by atoms with E-state index in [9.17, 15) is 13.2 Å². The Hall–Kier alpha value is -2.56. The first-order chi connectivity index (χ1) is 12.3. The zero-order chi connectivity index (χ0) is 18.9. The lowest BCUT2D eigenvalue weighted by molar-refractivity contribution is 0.0429. The van der Waals surface area contributed by atoms with Crippen LogP contribution in [0, 0.1) is 13.8 Å². The molecule has 0 saturated heterocycles. The van der Waals surface area contributed by atoms with Crippen LogP contribution in [0.2, 0.25) is 0 Å². The van der Waals surface area contributed by atoms with Crippen LogP contribution in [0.5, 0.6) is 0 Å². The third-order valence-electron chi connectivity index (χ3n) is 3.74. The van der Waals surface area contributed by atoms with E-state index in [0.717, 1.165) is 5.56 Å². The lowest BCUT2D eigenvalue weighted by Gasteiger charge is -2.10. The number of primary sulfonamides is 1. The van der Waals surface area contributed by atoms with Crippen molar-refractivity contribution in [3.8, 4) is 11.4 Å². The molecular weight excluding hydrogens is 378 g/mol. The fourth-order valence-corrected chi connectivity index (χ4v) is 3.79. The number of esters is 1. The molecule has 0 unspecified atom stereocenters. The Morgan fingerprint density at radius 3 is 2.77 bits per heavy atom. The van der Waals surface area contributed by atoms with Crippen molar-refractivity contribution < 1.29 is 22.5 Å². The average molecular weight is 393 g/mol. The standard InChI is InChI=1S/C16H15N3O5S2/c1-9-5-12(6-13(10(9)2)26(17,21)22)16(20)23-7-14-18-15(19-24-14)11-3-4-25-8-11/h3-6,8H,7H2,1-2H3,(H2,17,21,22). The molecule has 3 rings (SSSR count). The molecule has 10 heteroatoms. The second kappa shape index (κ2) is 6.98. The molecular formula is C16H15N3O5S2. The molecule has 2 heterocycles. The lowest BCUT2D eigenvalue weighted by atomic mass is 10.1. The summed E-state index contributed by atoms with van der Waals surface area (Å²) in [4.78, 5) is 16.3. The van der Waals surface area contributed by atoms with Gasteiger partial charge in [-0.05, 0) is 48.6 Å². The van der Waals surface area contributed by atoms with E-state index >= 15 is 0 Å². The van der Waals surface area contributed by atoms with E-state index in [1.54, 1.807) is 13.8 Å². The quantitative estimate of drug-likeness (QED) is 0.660. The van der Waals surface area contributed by atoms with Gasteiger partial charge in [0.1, 0.15) is 0 Å². The summed E-state index contributed by atoms with van der Waals surface area (Å²) in [6.07, 6.45) is 0. The lowest BCUT2D eigenvalue weighted by Crippen LogP contribution is -2.16. The van der Waals surface area contributed by atoms with Gasteiger partial charge in [0.25, 0.3) is 5.89 Å². The van der Waals surface area contributed by atoms with Crippen LogP contribution in [0.25, 0.3) is 11.4 Å². The Bertz CT molecular complexity index is 1060. The Morgan fingerprint density at radius 2 is 2.12 bits per heavy atom. The van der Waals surface area contributed by atoms with Crippen LogP contribution in [0.3, 0.4) is 0 Å². The molecule has 0 amide bonds. The van der Waals surface area contributed by atoms with Crippen LogP contribution < -0.4 is 5.14 Å². The number of ether oxygens (including phenoxy) is 1. The van der Waals surface area contributed by atoms with Crippen molar-refractivity contribution in [2.45, 2.75) is 25.3 Å². The van der Waals surface area contributed by atoms with Gasteiger partial charge in [-0.2, -0.15) is 16.3 Å². The fraction of sp³-hybridized carbons (Fsp3) is 0.188. The maximum atomic E-state index is 12.3. The van der Waals surface area contributed by atoms with E-state index in [2.05, 4.69) is 10.1 Å². The number of aryl methyl sites for hydroxylation is 1. The number of aromatic nitrogens is 2. The molecule has 3 aromatic rings. The summed E-state index contributed by atoms with van der Waals surface area (Å²) in [5.41, 5.74) is 1.99. The molecule has 2 N–H and O–H groups in total. The van der Waals surface area contributed by atoms with Crippen LogP contribution in [0.15, 0.2) is 38.4 Å². The number of hydrogen-bond acceptors (Lipinski definition) is 8. The smallest absolute Gasteiger partial charge is 0.338 e. The van der Waals surface area contributed by atoms with Crippen LogP contribution in [-0.4, -0.2) is 24.5 Å². The summed E-state index contributed by atoms with van der Waals surface area (Å²) in [5, 5.41) is 12.8. The highest BCUT2D eigenvalue weighted by Crippen LogP contribution is 2.22. The molecule has 0 saturated carbocycles. The summed E-state index contributed by atoms with van der Waals surface area (Å²) in [5.74, 6) is -0.177. The minimum absolute atomic E-state index is 0.0784. The third-order valence-corrected chi connectivity index (χ3v) is 5.46. The SMILES string of the molecule is Cc1cc(C(=O)OCc2nc(-c3ccsc3)no2)cc(S(N)(=O)=O)c1C. The number of sulfonamides is 1. The van der Waals surface area contributed by atoms with Crippen LogP contribution in [-0.2, 0) is 21.4 Å². The number of rotatable bonds is 5. The predicted molar refractivity (Wildman–Crippen MR) is 94.0 cm³/mol. The molecule has 136 valence electrons. The Labute approximate surface area is 153 Å². The maximum Gasteiger partial charge on any atom is 0.338 e. The fourth-order valence-electron chi connectivity index (χ4n) is 2.27. The summed E-state index contributed by atoms with van der Waals surface area (Å²) in [6, 6.07) is 4.58. The van der Waals surface area contributed by atoms with E-state index in [1.807, 2.05) is 16.8 Å². The third kappa shape index (κ3) is 3.82. The number of nitrogens with two attached hydrogens (primary N) is 1. The number of carbonyl (C=O) groups excluding carboxylic acids is 1. The number of benzene rings is 1. The number of nitrogens with zero attached hydrogens (tertiary/aromatic N) is 2. The molecule has 2 aromatic heterocycles. The van der Waals surface area contributed by atoms with Gasteiger partial charge in [-0.15, -0.1) is 0 Å². The zero-order valence-corrected chi connectivity index (χ0v) is 15.6. The van der Waals surface area contributed by atoms with Crippen molar-refractivity contribution >= 4 is 27.3 Å². The number of hydrogen-bond donors (Lipinski definition) is 1. The van der Waals surface area contributed by atoms with Gasteiger partial charge in [0.2, 0.25) is 15.8 Å². The second-order valence-electron chi connectivity index (χ2n) is 5.56. The highest BCUT2D eigenvalue weighted by atomic mass is 32.2. The van der Waals surface area contributed by atoms with Crippen LogP contribution >= 0.6 is 11.3 Å². The topological polar surface area (TPSA) is 125 Å². The molecule has 0 spiro atoms. The molecule has 0 aliphatic rings. The molecule has 26 heavy (non-hydrogen) atoms. The largest absolute Gasteiger partial charge is 0.452 e. The normalized spacial score (nSPS) is 11.5. The minimum Gasteiger partial charge on any atom is -0.452 e. The van der Waals surface area contributed by atoms with Gasteiger partial charge < -0.3 is 9.26 Å². The first kappa shape index (κ1) is 18.2. The van der Waals surface area contributed by atoms with E-state index in [1.165, 1.54) is 23.5 Å². The van der Waals surface area contributed by atoms with Crippen molar-refractivity contribution in [2.75, 3.05) is 0 Å². The number of carbonyl (C=O) groups is 1. The van der Waals surface area contributed by atoms with Crippen molar-refractivity contribution in [3.63, 3.8) is 0 Å². The molecule has 0 atom stereocenters. The van der Waals surface area contributed by atoms with Crippen molar-refractivity contribution in [1.82, 2.24) is 10.1 Å². The van der Waals surface area contributed by atoms with Gasteiger partial charge in [0.15, 0.2) is 6.61 Å². The summed E-state index contributed by atoms with van der Waals surface area (Å²) >= 11 is 1.50. The first-order valence-electron chi connectivity index (χ1n) is 7.42. The van der Waals surface area contributed by atoms with E-state index < -0.39 is 16.0 Å². The molecule has 1 aromatic carbocycles. The van der Waals surface area contributed by atoms with Gasteiger partial charge in [-0.25, -0.2) is 18.4 Å². The van der Waals surface area contributed by atoms with Gasteiger partial charge in [-0.1, -0.05) is 5.16 Å². The first-order valence-corrected chi connectivity index (χ1v) is 9.91. The van der Waals surface area contributed by atoms with Crippen molar-refractivity contribution in [3.05, 3.63) is 51.5 Å². The number of thiophene rings is 1. The monoisotopic (exact) mass is 393 g/mol. The predicted octanol–water partition coefficient (Wildman–Crippen LogP) is 2.42. The zero-order valence-electron chi connectivity index (χ0n) is 13.9. The highest BCUT2D eigenvalue weighted by Gasteiger charge is 2.19. The van der Waals surface area contributed by atoms with Crippen LogP contribution in [0.1, 0.15) is 27.4 Å². The molecule has 0 aliphatic carbocycles. The van der Waals surface area contributed by atoms with Crippen LogP contribution in [0.4, 0.5) is 0 Å². The molecule has 0 bridgehead atoms. The van der Waals surface area contributed by atoms with Gasteiger partial charge in [-0.3, -0.25) is 0 Å². The molecule has 0 aliphatic heterocycles. The molecule has 0 fully saturated rings. The van der Waals surface area contributed by atoms with Crippen molar-refractivity contribution in [2.24, 2.45) is 5.14 Å². The summed E-state index contributed by atoms with van der Waals surface area (Å²) in [7, 11) is -3.95. The highest BCUT2D eigenvalue weighted by molar-refractivity contribution is 7.89. The maximum absolute atomic E-state index is 12.3. The summed E-state index contributed by atoms with van der Waals surface area (Å²) < 4.78 is 33.5. The Kier molecular flexibility index (Phi) is 4.90. The van der Waals surface area contributed by atoms with Gasteiger partial charge in [0.05, 0.1) is 10.5 Å². The van der Waals surface area contributed by atoms with Crippen molar-refractivity contribution in [1.29, 1.82) is 0 Å². The summed E-state index contributed by atoms with van der Waals surface area (Å²) in [6.45, 7) is 3.08.